The van der Waals surface area contributed by atoms with Crippen LogP contribution < -0.4 is 4.43 Å². The van der Waals surface area contributed by atoms with Crippen molar-refractivity contribution in [3.8, 4) is 5.75 Å². The summed E-state index contributed by atoms with van der Waals surface area (Å²) in [4.78, 5) is 8.67. The van der Waals surface area contributed by atoms with Gasteiger partial charge in [0.25, 0.3) is 0 Å². The molecule has 0 spiro atoms. The Balaban J connectivity index is 2.08. The molecule has 0 saturated heterocycles. The molecule has 0 saturated carbocycles. The Morgan fingerprint density at radius 3 is 2.55 bits per heavy atom. The number of pyridine rings is 1. The summed E-state index contributed by atoms with van der Waals surface area (Å²) in [5, 5.41) is 0. The molecule has 1 aromatic carbocycles. The molecule has 4 heteroatoms. The van der Waals surface area contributed by atoms with Gasteiger partial charge in [0.05, 0.1) is 12.2 Å². The standard InChI is InChI=1S/C16H20N2OSi/c1-20(2,3)19-16-10-5-4-8-14(16)12-17-13-15-9-6-7-11-18-15/h4-11,13H,12H2,1-3H3/b17-13-. The first kappa shape index (κ1) is 14.5. The van der Waals surface area contributed by atoms with Gasteiger partial charge in [-0.1, -0.05) is 24.3 Å². The van der Waals surface area contributed by atoms with Gasteiger partial charge in [-0.3, -0.25) is 9.98 Å². The van der Waals surface area contributed by atoms with Crippen molar-refractivity contribution in [2.24, 2.45) is 4.99 Å². The van der Waals surface area contributed by atoms with Crippen LogP contribution in [0, 0.1) is 0 Å². The summed E-state index contributed by atoms with van der Waals surface area (Å²) in [5.74, 6) is 0.949. The number of aliphatic imine (C=N–C) groups is 1. The van der Waals surface area contributed by atoms with Gasteiger partial charge in [0, 0.05) is 18.0 Å². The van der Waals surface area contributed by atoms with Gasteiger partial charge in [-0.15, -0.1) is 0 Å². The van der Waals surface area contributed by atoms with Crippen molar-refractivity contribution in [2.75, 3.05) is 0 Å². The van der Waals surface area contributed by atoms with Crippen molar-refractivity contribution in [1.29, 1.82) is 0 Å². The molecule has 1 heterocycles. The van der Waals surface area contributed by atoms with E-state index in [-0.39, 0.29) is 0 Å². The van der Waals surface area contributed by atoms with Gasteiger partial charge in [-0.05, 0) is 37.8 Å². The summed E-state index contributed by atoms with van der Waals surface area (Å²) in [5.41, 5.74) is 1.98. The maximum Gasteiger partial charge on any atom is 0.242 e. The molecule has 0 radical (unpaired) electrons. The van der Waals surface area contributed by atoms with Crippen molar-refractivity contribution >= 4 is 14.5 Å². The third-order valence-electron chi connectivity index (χ3n) is 2.56. The quantitative estimate of drug-likeness (QED) is 0.616. The van der Waals surface area contributed by atoms with Crippen molar-refractivity contribution in [2.45, 2.75) is 26.2 Å². The third kappa shape index (κ3) is 4.62. The summed E-state index contributed by atoms with van der Waals surface area (Å²) in [7, 11) is -1.60. The first-order chi connectivity index (χ1) is 9.54. The first-order valence-corrected chi connectivity index (χ1v) is 10.1. The molecule has 1 aromatic heterocycles. The predicted molar refractivity (Wildman–Crippen MR) is 86.0 cm³/mol. The van der Waals surface area contributed by atoms with Crippen LogP contribution in [0.1, 0.15) is 11.3 Å². The van der Waals surface area contributed by atoms with Crippen LogP contribution in [0.3, 0.4) is 0 Å². The molecule has 20 heavy (non-hydrogen) atoms. The normalized spacial score (nSPS) is 11.8. The summed E-state index contributed by atoms with van der Waals surface area (Å²) in [6, 6.07) is 13.9. The molecular weight excluding hydrogens is 264 g/mol. The van der Waals surface area contributed by atoms with Crippen LogP contribution in [0.4, 0.5) is 0 Å². The molecule has 104 valence electrons. The van der Waals surface area contributed by atoms with Crippen LogP contribution in [0.2, 0.25) is 19.6 Å². The number of nitrogens with zero attached hydrogens (tertiary/aromatic N) is 2. The number of aromatic nitrogens is 1. The Labute approximate surface area is 121 Å². The molecule has 0 aliphatic carbocycles. The fraction of sp³-hybridized carbons (Fsp3) is 0.250. The minimum atomic E-state index is -1.60. The van der Waals surface area contributed by atoms with Crippen LogP contribution in [-0.2, 0) is 6.54 Å². The molecule has 0 bridgehead atoms. The van der Waals surface area contributed by atoms with E-state index in [0.29, 0.717) is 6.54 Å². The first-order valence-electron chi connectivity index (χ1n) is 6.72. The minimum Gasteiger partial charge on any atom is -0.544 e. The highest BCUT2D eigenvalue weighted by atomic mass is 28.4. The average Bonchev–Trinajstić information content (AvgIpc) is 2.40. The van der Waals surface area contributed by atoms with Crippen LogP contribution in [0.25, 0.3) is 0 Å². The molecule has 0 N–H and O–H groups in total. The average molecular weight is 284 g/mol. The largest absolute Gasteiger partial charge is 0.544 e. The second kappa shape index (κ2) is 6.48. The van der Waals surface area contributed by atoms with Gasteiger partial charge in [-0.25, -0.2) is 0 Å². The van der Waals surface area contributed by atoms with Crippen LogP contribution >= 0.6 is 0 Å². The Hall–Kier alpha value is -1.94. The topological polar surface area (TPSA) is 34.5 Å². The Bertz CT molecular complexity index is 577. The minimum absolute atomic E-state index is 0.608. The number of hydrogen-bond acceptors (Lipinski definition) is 3. The molecule has 3 nitrogen and oxygen atoms in total. The highest BCUT2D eigenvalue weighted by molar-refractivity contribution is 6.70. The zero-order valence-corrected chi connectivity index (χ0v) is 13.2. The monoisotopic (exact) mass is 284 g/mol. The third-order valence-corrected chi connectivity index (χ3v) is 3.39. The SMILES string of the molecule is C[Si](C)(C)Oc1ccccc1C/N=C\c1ccccn1. The zero-order valence-electron chi connectivity index (χ0n) is 12.2. The highest BCUT2D eigenvalue weighted by Crippen LogP contribution is 2.22. The molecule has 0 unspecified atom stereocenters. The second-order valence-electron chi connectivity index (χ2n) is 5.55. The van der Waals surface area contributed by atoms with Crippen molar-refractivity contribution in [3.05, 3.63) is 59.9 Å². The molecular formula is C16H20N2OSi. The highest BCUT2D eigenvalue weighted by Gasteiger charge is 2.17. The summed E-state index contributed by atoms with van der Waals surface area (Å²) in [6.45, 7) is 7.15. The lowest BCUT2D eigenvalue weighted by Crippen LogP contribution is -2.29. The second-order valence-corrected chi connectivity index (χ2v) is 9.98. The number of benzene rings is 1. The van der Waals surface area contributed by atoms with Crippen LogP contribution in [-0.4, -0.2) is 19.5 Å². The Morgan fingerprint density at radius 2 is 1.85 bits per heavy atom. The van der Waals surface area contributed by atoms with E-state index in [1.54, 1.807) is 12.4 Å². The van der Waals surface area contributed by atoms with Gasteiger partial charge >= 0.3 is 0 Å². The van der Waals surface area contributed by atoms with E-state index in [2.05, 4.69) is 35.7 Å². The lowest BCUT2D eigenvalue weighted by molar-refractivity contribution is 0.549. The predicted octanol–water partition coefficient (Wildman–Crippen LogP) is 3.91. The van der Waals surface area contributed by atoms with Crippen LogP contribution in [0.15, 0.2) is 53.7 Å². The fourth-order valence-electron chi connectivity index (χ4n) is 1.75. The van der Waals surface area contributed by atoms with E-state index in [4.69, 9.17) is 4.43 Å². The van der Waals surface area contributed by atoms with E-state index >= 15 is 0 Å². The van der Waals surface area contributed by atoms with Gasteiger partial charge in [-0.2, -0.15) is 0 Å². The molecule has 0 aliphatic rings. The van der Waals surface area contributed by atoms with E-state index in [1.807, 2.05) is 36.4 Å². The maximum atomic E-state index is 6.08. The molecule has 0 fully saturated rings. The Kier molecular flexibility index (Phi) is 4.68. The lowest BCUT2D eigenvalue weighted by Gasteiger charge is -2.21. The van der Waals surface area contributed by atoms with Gasteiger partial charge < -0.3 is 4.43 Å². The van der Waals surface area contributed by atoms with Crippen LogP contribution in [0.5, 0.6) is 5.75 Å². The zero-order chi connectivity index (χ0) is 14.4. The maximum absolute atomic E-state index is 6.08. The van der Waals surface area contributed by atoms with E-state index in [1.165, 1.54) is 0 Å². The summed E-state index contributed by atoms with van der Waals surface area (Å²) >= 11 is 0. The summed E-state index contributed by atoms with van der Waals surface area (Å²) < 4.78 is 6.08. The van der Waals surface area contributed by atoms with Gasteiger partial charge in [0.15, 0.2) is 0 Å². The molecule has 0 aliphatic heterocycles. The smallest absolute Gasteiger partial charge is 0.242 e. The van der Waals surface area contributed by atoms with E-state index in [0.717, 1.165) is 17.0 Å². The van der Waals surface area contributed by atoms with Crippen molar-refractivity contribution < 1.29 is 4.43 Å². The molecule has 2 rings (SSSR count). The van der Waals surface area contributed by atoms with Gasteiger partial charge in [0.1, 0.15) is 5.75 Å². The van der Waals surface area contributed by atoms with Crippen molar-refractivity contribution in [3.63, 3.8) is 0 Å². The number of hydrogen-bond donors (Lipinski definition) is 0. The summed E-state index contributed by atoms with van der Waals surface area (Å²) in [6.07, 6.45) is 3.56. The van der Waals surface area contributed by atoms with E-state index in [9.17, 15) is 0 Å². The van der Waals surface area contributed by atoms with E-state index < -0.39 is 8.32 Å². The number of para-hydroxylation sites is 1. The fourth-order valence-corrected chi connectivity index (χ4v) is 2.61. The Morgan fingerprint density at radius 1 is 1.10 bits per heavy atom. The molecule has 2 aromatic rings. The van der Waals surface area contributed by atoms with Gasteiger partial charge in [0.2, 0.25) is 8.32 Å². The van der Waals surface area contributed by atoms with Crippen molar-refractivity contribution in [1.82, 2.24) is 4.98 Å². The number of rotatable bonds is 5. The molecule has 0 atom stereocenters. The molecule has 0 amide bonds. The lowest BCUT2D eigenvalue weighted by atomic mass is 10.2.